The van der Waals surface area contributed by atoms with Crippen LogP contribution in [0.2, 0.25) is 0 Å². The standard InChI is InChI=1S/C14H23N3O3S2/c1-14(2,3)11-9-21-13(15-11)16-12(18)10-7-5-6-8-17(10)22(4,19)20/h9-10H,5-8H2,1-4H3,(H,15,16,18). The number of carbonyl (C=O) groups is 1. The second-order valence-corrected chi connectivity index (χ2v) is 9.46. The predicted molar refractivity (Wildman–Crippen MR) is 88.6 cm³/mol. The van der Waals surface area contributed by atoms with Gasteiger partial charge in [0.1, 0.15) is 6.04 Å². The lowest BCUT2D eigenvalue weighted by Crippen LogP contribution is -2.49. The van der Waals surface area contributed by atoms with Crippen LogP contribution in [0.4, 0.5) is 5.13 Å². The second kappa shape index (κ2) is 6.25. The van der Waals surface area contributed by atoms with E-state index in [1.807, 2.05) is 5.38 Å². The summed E-state index contributed by atoms with van der Waals surface area (Å²) in [7, 11) is -3.37. The maximum atomic E-state index is 12.4. The van der Waals surface area contributed by atoms with E-state index in [4.69, 9.17) is 0 Å². The fraction of sp³-hybridized carbons (Fsp3) is 0.714. The minimum atomic E-state index is -3.37. The molecule has 0 spiro atoms. The Balaban J connectivity index is 2.12. The number of aromatic nitrogens is 1. The molecule has 6 nitrogen and oxygen atoms in total. The largest absolute Gasteiger partial charge is 0.301 e. The Morgan fingerprint density at radius 3 is 2.64 bits per heavy atom. The van der Waals surface area contributed by atoms with Gasteiger partial charge in [-0.05, 0) is 12.8 Å². The van der Waals surface area contributed by atoms with Crippen LogP contribution < -0.4 is 5.32 Å². The van der Waals surface area contributed by atoms with E-state index in [0.29, 0.717) is 18.1 Å². The number of carbonyl (C=O) groups excluding carboxylic acids is 1. The zero-order chi connectivity index (χ0) is 16.5. The lowest BCUT2D eigenvalue weighted by Gasteiger charge is -2.32. The van der Waals surface area contributed by atoms with Crippen molar-refractivity contribution in [3.8, 4) is 0 Å². The summed E-state index contributed by atoms with van der Waals surface area (Å²) in [5.41, 5.74) is 0.833. The summed E-state index contributed by atoms with van der Waals surface area (Å²) >= 11 is 1.37. The van der Waals surface area contributed by atoms with Gasteiger partial charge in [0, 0.05) is 17.3 Å². The minimum Gasteiger partial charge on any atom is -0.301 e. The van der Waals surface area contributed by atoms with Gasteiger partial charge < -0.3 is 5.32 Å². The average Bonchev–Trinajstić information content (AvgIpc) is 2.86. The highest BCUT2D eigenvalue weighted by atomic mass is 32.2. The molecule has 1 saturated heterocycles. The lowest BCUT2D eigenvalue weighted by atomic mass is 9.93. The molecule has 1 aromatic heterocycles. The Kier molecular flexibility index (Phi) is 4.93. The van der Waals surface area contributed by atoms with Crippen LogP contribution in [0, 0.1) is 0 Å². The van der Waals surface area contributed by atoms with Gasteiger partial charge in [0.2, 0.25) is 15.9 Å². The minimum absolute atomic E-state index is 0.0802. The molecule has 0 aromatic carbocycles. The van der Waals surface area contributed by atoms with Crippen molar-refractivity contribution in [2.24, 2.45) is 0 Å². The Morgan fingerprint density at radius 2 is 2.09 bits per heavy atom. The molecular formula is C14H23N3O3S2. The number of rotatable bonds is 3. The van der Waals surface area contributed by atoms with Crippen molar-refractivity contribution >= 4 is 32.4 Å². The third-order valence-corrected chi connectivity index (χ3v) is 5.73. The normalized spacial score (nSPS) is 20.8. The van der Waals surface area contributed by atoms with Crippen LogP contribution in [-0.2, 0) is 20.2 Å². The molecule has 1 amide bonds. The Hall–Kier alpha value is -0.990. The van der Waals surface area contributed by atoms with Gasteiger partial charge in [-0.2, -0.15) is 4.31 Å². The average molecular weight is 345 g/mol. The quantitative estimate of drug-likeness (QED) is 0.911. The van der Waals surface area contributed by atoms with Gasteiger partial charge in [-0.15, -0.1) is 11.3 Å². The molecule has 1 unspecified atom stereocenters. The monoisotopic (exact) mass is 345 g/mol. The van der Waals surface area contributed by atoms with Gasteiger partial charge in [-0.1, -0.05) is 27.2 Å². The van der Waals surface area contributed by atoms with Crippen molar-refractivity contribution in [1.29, 1.82) is 0 Å². The first-order valence-electron chi connectivity index (χ1n) is 7.33. The molecule has 8 heteroatoms. The first kappa shape index (κ1) is 17.4. The number of piperidine rings is 1. The van der Waals surface area contributed by atoms with E-state index in [9.17, 15) is 13.2 Å². The fourth-order valence-electron chi connectivity index (χ4n) is 2.43. The first-order chi connectivity index (χ1) is 10.1. The highest BCUT2D eigenvalue weighted by molar-refractivity contribution is 7.88. The van der Waals surface area contributed by atoms with Gasteiger partial charge in [0.15, 0.2) is 5.13 Å². The number of anilines is 1. The molecule has 1 aromatic rings. The molecule has 22 heavy (non-hydrogen) atoms. The SMILES string of the molecule is CC(C)(C)c1csc(NC(=O)C2CCCCN2S(C)(=O)=O)n1. The number of hydrogen-bond acceptors (Lipinski definition) is 5. The van der Waals surface area contributed by atoms with Crippen LogP contribution in [0.1, 0.15) is 45.7 Å². The maximum Gasteiger partial charge on any atom is 0.244 e. The predicted octanol–water partition coefficient (Wildman–Crippen LogP) is 2.19. The van der Waals surface area contributed by atoms with Crippen molar-refractivity contribution in [3.05, 3.63) is 11.1 Å². The van der Waals surface area contributed by atoms with Gasteiger partial charge in [0.25, 0.3) is 0 Å². The van der Waals surface area contributed by atoms with Crippen LogP contribution in [0.25, 0.3) is 0 Å². The summed E-state index contributed by atoms with van der Waals surface area (Å²) in [6.45, 7) is 6.57. The van der Waals surface area contributed by atoms with Crippen molar-refractivity contribution in [1.82, 2.24) is 9.29 Å². The van der Waals surface area contributed by atoms with E-state index in [2.05, 4.69) is 31.1 Å². The second-order valence-electron chi connectivity index (χ2n) is 6.66. The molecular weight excluding hydrogens is 322 g/mol. The summed E-state index contributed by atoms with van der Waals surface area (Å²) in [5.74, 6) is -0.292. The maximum absolute atomic E-state index is 12.4. The van der Waals surface area contributed by atoms with Crippen LogP contribution in [0.15, 0.2) is 5.38 Å². The third-order valence-electron chi connectivity index (χ3n) is 3.69. The fourth-order valence-corrected chi connectivity index (χ4v) is 4.49. The van der Waals surface area contributed by atoms with E-state index in [1.165, 1.54) is 15.6 Å². The molecule has 0 saturated carbocycles. The molecule has 0 bridgehead atoms. The zero-order valence-electron chi connectivity index (χ0n) is 13.4. The number of nitrogens with zero attached hydrogens (tertiary/aromatic N) is 2. The van der Waals surface area contributed by atoms with E-state index in [0.717, 1.165) is 24.8 Å². The van der Waals surface area contributed by atoms with Gasteiger partial charge in [-0.3, -0.25) is 4.79 Å². The molecule has 2 rings (SSSR count). The number of nitrogens with one attached hydrogen (secondary N) is 1. The summed E-state index contributed by atoms with van der Waals surface area (Å²) in [5, 5.41) is 5.21. The molecule has 1 aliphatic rings. The number of sulfonamides is 1. The highest BCUT2D eigenvalue weighted by Gasteiger charge is 2.34. The van der Waals surface area contributed by atoms with Gasteiger partial charge in [0.05, 0.1) is 11.9 Å². The van der Waals surface area contributed by atoms with E-state index >= 15 is 0 Å². The Labute approximate surface area is 136 Å². The van der Waals surface area contributed by atoms with Crippen LogP contribution in [0.3, 0.4) is 0 Å². The molecule has 1 atom stereocenters. The van der Waals surface area contributed by atoms with Gasteiger partial charge >= 0.3 is 0 Å². The number of thiazole rings is 1. The van der Waals surface area contributed by atoms with E-state index in [1.54, 1.807) is 0 Å². The summed E-state index contributed by atoms with van der Waals surface area (Å²) in [4.78, 5) is 16.9. The summed E-state index contributed by atoms with van der Waals surface area (Å²) in [6, 6.07) is -0.634. The van der Waals surface area contributed by atoms with Crippen LogP contribution >= 0.6 is 11.3 Å². The topological polar surface area (TPSA) is 79.4 Å². The first-order valence-corrected chi connectivity index (χ1v) is 10.1. The van der Waals surface area contributed by atoms with Crippen molar-refractivity contribution < 1.29 is 13.2 Å². The van der Waals surface area contributed by atoms with E-state index in [-0.39, 0.29) is 11.3 Å². The summed E-state index contributed by atoms with van der Waals surface area (Å²) < 4.78 is 24.9. The number of hydrogen-bond donors (Lipinski definition) is 1. The molecule has 0 radical (unpaired) electrons. The molecule has 1 fully saturated rings. The smallest absolute Gasteiger partial charge is 0.244 e. The molecule has 2 heterocycles. The van der Waals surface area contributed by atoms with Crippen LogP contribution in [0.5, 0.6) is 0 Å². The van der Waals surface area contributed by atoms with Crippen molar-refractivity contribution in [3.63, 3.8) is 0 Å². The van der Waals surface area contributed by atoms with Crippen molar-refractivity contribution in [2.75, 3.05) is 18.1 Å². The summed E-state index contributed by atoms with van der Waals surface area (Å²) in [6.07, 6.45) is 3.35. The molecule has 1 aliphatic heterocycles. The molecule has 1 N–H and O–H groups in total. The number of amides is 1. The van der Waals surface area contributed by atoms with Crippen LogP contribution in [-0.4, -0.2) is 42.5 Å². The molecule has 124 valence electrons. The van der Waals surface area contributed by atoms with E-state index < -0.39 is 16.1 Å². The van der Waals surface area contributed by atoms with Gasteiger partial charge in [-0.25, -0.2) is 13.4 Å². The Morgan fingerprint density at radius 1 is 1.41 bits per heavy atom. The highest BCUT2D eigenvalue weighted by Crippen LogP contribution is 2.27. The zero-order valence-corrected chi connectivity index (χ0v) is 15.1. The Bertz CT molecular complexity index is 647. The lowest BCUT2D eigenvalue weighted by molar-refractivity contribution is -0.120. The van der Waals surface area contributed by atoms with Crippen molar-refractivity contribution in [2.45, 2.75) is 51.5 Å². The molecule has 0 aliphatic carbocycles. The third kappa shape index (κ3) is 4.05.